The fourth-order valence-corrected chi connectivity index (χ4v) is 2.93. The molecule has 9 nitrogen and oxygen atoms in total. The fraction of sp³-hybridized carbons (Fsp3) is 0.222. The number of nitrogens with zero attached hydrogens (tertiary/aromatic N) is 4. The summed E-state index contributed by atoms with van der Waals surface area (Å²) in [4.78, 5) is 24.5. The quantitative estimate of drug-likeness (QED) is 0.568. The van der Waals surface area contributed by atoms with Crippen LogP contribution in [0.2, 0.25) is 10.0 Å². The zero-order valence-electron chi connectivity index (χ0n) is 15.6. The highest BCUT2D eigenvalue weighted by Crippen LogP contribution is 2.32. The second kappa shape index (κ2) is 8.97. The number of nitrogens with one attached hydrogen (secondary N) is 1. The monoisotopic (exact) mass is 437 g/mol. The molecule has 3 rings (SSSR count). The van der Waals surface area contributed by atoms with Crippen molar-refractivity contribution in [2.45, 2.75) is 13.7 Å². The minimum atomic E-state index is -0.577. The molecule has 152 valence electrons. The van der Waals surface area contributed by atoms with E-state index in [1.807, 2.05) is 0 Å². The average Bonchev–Trinajstić information content (AvgIpc) is 3.29. The van der Waals surface area contributed by atoms with Crippen LogP contribution in [-0.4, -0.2) is 38.0 Å². The summed E-state index contributed by atoms with van der Waals surface area (Å²) in [6.45, 7) is 1.90. The van der Waals surface area contributed by atoms with Gasteiger partial charge < -0.3 is 14.8 Å². The molecule has 11 heteroatoms. The van der Waals surface area contributed by atoms with Crippen LogP contribution in [0, 0.1) is 0 Å². The van der Waals surface area contributed by atoms with Crippen molar-refractivity contribution >= 4 is 40.9 Å². The van der Waals surface area contributed by atoms with E-state index in [9.17, 15) is 9.59 Å². The van der Waals surface area contributed by atoms with Gasteiger partial charge in [0.25, 0.3) is 5.91 Å². The largest absolute Gasteiger partial charge is 0.468 e. The van der Waals surface area contributed by atoms with Gasteiger partial charge in [-0.3, -0.25) is 9.48 Å². The lowest BCUT2D eigenvalue weighted by molar-refractivity contribution is 0.0527. The van der Waals surface area contributed by atoms with E-state index < -0.39 is 11.9 Å². The smallest absolute Gasteiger partial charge is 0.343 e. The van der Waals surface area contributed by atoms with Crippen molar-refractivity contribution < 1.29 is 19.1 Å². The first kappa shape index (κ1) is 20.7. The molecule has 0 bridgehead atoms. The number of esters is 1. The van der Waals surface area contributed by atoms with Gasteiger partial charge in [0.15, 0.2) is 18.2 Å². The number of carbonyl (C=O) groups is 2. The zero-order valence-corrected chi connectivity index (χ0v) is 17.1. The number of aromatic nitrogens is 4. The Morgan fingerprint density at radius 2 is 1.93 bits per heavy atom. The molecule has 0 aliphatic heterocycles. The van der Waals surface area contributed by atoms with Gasteiger partial charge >= 0.3 is 5.97 Å². The number of hydrogen-bond acceptors (Lipinski definition) is 6. The van der Waals surface area contributed by atoms with E-state index in [0.717, 1.165) is 0 Å². The number of carbonyl (C=O) groups excluding carboxylic acids is 2. The summed E-state index contributed by atoms with van der Waals surface area (Å²) >= 11 is 12.1. The summed E-state index contributed by atoms with van der Waals surface area (Å²) in [5, 5.41) is 11.5. The van der Waals surface area contributed by atoms with Gasteiger partial charge in [-0.25, -0.2) is 9.48 Å². The molecule has 0 saturated carbocycles. The molecule has 2 aromatic heterocycles. The second-order valence-electron chi connectivity index (χ2n) is 5.77. The third kappa shape index (κ3) is 4.69. The van der Waals surface area contributed by atoms with Crippen LogP contribution in [0.3, 0.4) is 0 Å². The highest BCUT2D eigenvalue weighted by molar-refractivity contribution is 6.37. The highest BCUT2D eigenvalue weighted by Gasteiger charge is 2.21. The van der Waals surface area contributed by atoms with E-state index >= 15 is 0 Å². The molecule has 0 saturated heterocycles. The van der Waals surface area contributed by atoms with Crippen LogP contribution >= 0.6 is 23.2 Å². The number of anilines is 1. The number of hydrogen-bond donors (Lipinski definition) is 1. The van der Waals surface area contributed by atoms with Crippen molar-refractivity contribution in [3.63, 3.8) is 0 Å². The number of rotatable bonds is 7. The van der Waals surface area contributed by atoms with E-state index in [2.05, 4.69) is 15.5 Å². The van der Waals surface area contributed by atoms with Crippen molar-refractivity contribution in [1.29, 1.82) is 0 Å². The molecular weight excluding hydrogens is 421 g/mol. The third-order valence-electron chi connectivity index (χ3n) is 3.80. The van der Waals surface area contributed by atoms with Crippen LogP contribution in [-0.2, 0) is 18.5 Å². The summed E-state index contributed by atoms with van der Waals surface area (Å²) in [6.07, 6.45) is 2.89. The molecular formula is C18H17Cl2N5O4. The summed E-state index contributed by atoms with van der Waals surface area (Å²) < 4.78 is 13.3. The van der Waals surface area contributed by atoms with Crippen molar-refractivity contribution in [2.24, 2.45) is 7.05 Å². The maximum absolute atomic E-state index is 12.5. The molecule has 0 unspecified atom stereocenters. The van der Waals surface area contributed by atoms with Crippen LogP contribution in [0.4, 0.5) is 5.82 Å². The van der Waals surface area contributed by atoms with Gasteiger partial charge in [-0.15, -0.1) is 0 Å². The lowest BCUT2D eigenvalue weighted by Crippen LogP contribution is -2.18. The molecule has 2 heterocycles. The first-order valence-electron chi connectivity index (χ1n) is 8.51. The van der Waals surface area contributed by atoms with E-state index in [0.29, 0.717) is 15.8 Å². The SMILES string of the molecule is CCOC(=O)c1cnn(C)c1NC(=O)c1ccn(COc2c(Cl)cccc2Cl)n1. The van der Waals surface area contributed by atoms with Crippen molar-refractivity contribution in [3.05, 3.63) is 58.0 Å². The van der Waals surface area contributed by atoms with E-state index in [4.69, 9.17) is 32.7 Å². The Balaban J connectivity index is 1.69. The van der Waals surface area contributed by atoms with Gasteiger partial charge in [-0.1, -0.05) is 29.3 Å². The van der Waals surface area contributed by atoms with Gasteiger partial charge in [-0.05, 0) is 25.1 Å². The molecule has 0 spiro atoms. The van der Waals surface area contributed by atoms with Gasteiger partial charge in [0, 0.05) is 13.2 Å². The van der Waals surface area contributed by atoms with Crippen LogP contribution in [0.25, 0.3) is 0 Å². The minimum Gasteiger partial charge on any atom is -0.468 e. The Morgan fingerprint density at radius 3 is 2.62 bits per heavy atom. The van der Waals surface area contributed by atoms with Crippen LogP contribution in [0.1, 0.15) is 27.8 Å². The number of halogens is 2. The van der Waals surface area contributed by atoms with Crippen molar-refractivity contribution in [1.82, 2.24) is 19.6 Å². The average molecular weight is 438 g/mol. The molecule has 1 aromatic carbocycles. The van der Waals surface area contributed by atoms with Crippen LogP contribution < -0.4 is 10.1 Å². The molecule has 0 aliphatic carbocycles. The number of benzene rings is 1. The van der Waals surface area contributed by atoms with Gasteiger partial charge in [0.2, 0.25) is 0 Å². The van der Waals surface area contributed by atoms with Gasteiger partial charge in [0.1, 0.15) is 11.4 Å². The Labute approximate surface area is 176 Å². The molecule has 3 aromatic rings. The molecule has 29 heavy (non-hydrogen) atoms. The summed E-state index contributed by atoms with van der Waals surface area (Å²) in [5.74, 6) is -0.562. The third-order valence-corrected chi connectivity index (χ3v) is 4.39. The summed E-state index contributed by atoms with van der Waals surface area (Å²) in [6, 6.07) is 6.52. The highest BCUT2D eigenvalue weighted by atomic mass is 35.5. The van der Waals surface area contributed by atoms with Crippen molar-refractivity contribution in [2.75, 3.05) is 11.9 Å². The maximum atomic E-state index is 12.5. The summed E-state index contributed by atoms with van der Waals surface area (Å²) in [7, 11) is 1.60. The Bertz CT molecular complexity index is 1030. The molecule has 0 atom stereocenters. The Morgan fingerprint density at radius 1 is 1.21 bits per heavy atom. The predicted molar refractivity (Wildman–Crippen MR) is 106 cm³/mol. The predicted octanol–water partition coefficient (Wildman–Crippen LogP) is 3.39. The Hall–Kier alpha value is -3.04. The van der Waals surface area contributed by atoms with E-state index in [1.54, 1.807) is 38.4 Å². The molecule has 0 fully saturated rings. The standard InChI is InChI=1S/C18H17Cl2N5O4/c1-3-28-18(27)11-9-21-24(2)16(11)22-17(26)14-7-8-25(23-14)10-29-15-12(19)5-4-6-13(15)20/h4-9H,3,10H2,1-2H3,(H,22,26). The fourth-order valence-electron chi connectivity index (χ4n) is 2.42. The van der Waals surface area contributed by atoms with Gasteiger partial charge in [0.05, 0.1) is 22.8 Å². The number of aryl methyl sites for hydroxylation is 1. The second-order valence-corrected chi connectivity index (χ2v) is 6.58. The lowest BCUT2D eigenvalue weighted by Gasteiger charge is -2.09. The number of para-hydroxylation sites is 1. The van der Waals surface area contributed by atoms with Crippen molar-refractivity contribution in [3.8, 4) is 5.75 Å². The van der Waals surface area contributed by atoms with E-state index in [1.165, 1.54) is 21.6 Å². The number of amides is 1. The lowest BCUT2D eigenvalue weighted by atomic mass is 10.3. The minimum absolute atomic E-state index is 0.00345. The molecule has 1 N–H and O–H groups in total. The first-order chi connectivity index (χ1) is 13.9. The molecule has 0 aliphatic rings. The summed E-state index contributed by atoms with van der Waals surface area (Å²) in [5.41, 5.74) is 0.272. The van der Waals surface area contributed by atoms with Crippen LogP contribution in [0.5, 0.6) is 5.75 Å². The van der Waals surface area contributed by atoms with Gasteiger partial charge in [-0.2, -0.15) is 10.2 Å². The molecule has 0 radical (unpaired) electrons. The first-order valence-corrected chi connectivity index (χ1v) is 9.27. The van der Waals surface area contributed by atoms with Crippen LogP contribution in [0.15, 0.2) is 36.7 Å². The normalized spacial score (nSPS) is 10.6. The molecule has 1 amide bonds. The topological polar surface area (TPSA) is 100 Å². The maximum Gasteiger partial charge on any atom is 0.343 e. The Kier molecular flexibility index (Phi) is 6.40. The number of ether oxygens (including phenoxy) is 2. The van der Waals surface area contributed by atoms with E-state index in [-0.39, 0.29) is 30.4 Å². The zero-order chi connectivity index (χ0) is 21.0.